The molecule has 3 heteroatoms. The van der Waals surface area contributed by atoms with Gasteiger partial charge in [0.2, 0.25) is 0 Å². The molecule has 0 aliphatic heterocycles. The van der Waals surface area contributed by atoms with E-state index in [0.29, 0.717) is 0 Å². The zero-order valence-corrected chi connectivity index (χ0v) is 9.96. The molecule has 0 heterocycles. The van der Waals surface area contributed by atoms with E-state index in [1.165, 1.54) is 0 Å². The van der Waals surface area contributed by atoms with Crippen molar-refractivity contribution >= 4 is 0 Å². The largest absolute Gasteiger partial charge is 0.496 e. The van der Waals surface area contributed by atoms with Gasteiger partial charge in [0.1, 0.15) is 5.75 Å². The van der Waals surface area contributed by atoms with Crippen LogP contribution in [0.5, 0.6) is 17.2 Å². The Morgan fingerprint density at radius 1 is 1.00 bits per heavy atom. The van der Waals surface area contributed by atoms with Crippen molar-refractivity contribution in [3.8, 4) is 17.2 Å². The standard InChI is InChI=1S/C12H18O3/c1-8(2)15-11-7-6-10(13-4)9(3)12(11)14-5/h6-8H,1-5H3. The number of rotatable bonds is 4. The van der Waals surface area contributed by atoms with Gasteiger partial charge in [-0.3, -0.25) is 0 Å². The first-order valence-electron chi connectivity index (χ1n) is 4.98. The number of methoxy groups -OCH3 is 2. The minimum Gasteiger partial charge on any atom is -0.496 e. The van der Waals surface area contributed by atoms with Crippen LogP contribution in [0, 0.1) is 6.92 Å². The van der Waals surface area contributed by atoms with Crippen molar-refractivity contribution in [3.05, 3.63) is 17.7 Å². The predicted molar refractivity (Wildman–Crippen MR) is 60.0 cm³/mol. The number of ether oxygens (including phenoxy) is 3. The molecule has 0 aromatic heterocycles. The third-order valence-corrected chi connectivity index (χ3v) is 2.11. The molecule has 0 amide bonds. The molecule has 15 heavy (non-hydrogen) atoms. The van der Waals surface area contributed by atoms with Crippen LogP contribution < -0.4 is 14.2 Å². The minimum atomic E-state index is 0.131. The summed E-state index contributed by atoms with van der Waals surface area (Å²) in [7, 11) is 3.28. The second-order valence-electron chi connectivity index (χ2n) is 3.59. The fourth-order valence-electron chi connectivity index (χ4n) is 1.47. The van der Waals surface area contributed by atoms with E-state index in [1.807, 2.05) is 32.9 Å². The van der Waals surface area contributed by atoms with Crippen molar-refractivity contribution in [2.45, 2.75) is 26.9 Å². The maximum Gasteiger partial charge on any atom is 0.167 e. The molecule has 0 N–H and O–H groups in total. The van der Waals surface area contributed by atoms with Crippen LogP contribution in [0.25, 0.3) is 0 Å². The molecular formula is C12H18O3. The quantitative estimate of drug-likeness (QED) is 0.764. The number of hydrogen-bond donors (Lipinski definition) is 0. The van der Waals surface area contributed by atoms with E-state index in [2.05, 4.69) is 0 Å². The Morgan fingerprint density at radius 3 is 2.07 bits per heavy atom. The molecule has 0 aliphatic carbocycles. The Hall–Kier alpha value is -1.38. The van der Waals surface area contributed by atoms with E-state index in [1.54, 1.807) is 14.2 Å². The fourth-order valence-corrected chi connectivity index (χ4v) is 1.47. The number of benzene rings is 1. The SMILES string of the molecule is COc1ccc(OC(C)C)c(OC)c1C. The third kappa shape index (κ3) is 2.55. The molecule has 0 radical (unpaired) electrons. The van der Waals surface area contributed by atoms with Gasteiger partial charge in [-0.1, -0.05) is 0 Å². The highest BCUT2D eigenvalue weighted by molar-refractivity contribution is 5.53. The third-order valence-electron chi connectivity index (χ3n) is 2.11. The van der Waals surface area contributed by atoms with E-state index in [4.69, 9.17) is 14.2 Å². The molecule has 0 unspecified atom stereocenters. The molecule has 0 atom stereocenters. The van der Waals surface area contributed by atoms with Crippen molar-refractivity contribution in [3.63, 3.8) is 0 Å². The van der Waals surface area contributed by atoms with Crippen LogP contribution in [0.1, 0.15) is 19.4 Å². The summed E-state index contributed by atoms with van der Waals surface area (Å²) in [5, 5.41) is 0. The van der Waals surface area contributed by atoms with Gasteiger partial charge in [-0.05, 0) is 32.9 Å². The highest BCUT2D eigenvalue weighted by Crippen LogP contribution is 2.36. The molecule has 1 rings (SSSR count). The van der Waals surface area contributed by atoms with Crippen LogP contribution >= 0.6 is 0 Å². The first kappa shape index (κ1) is 11.7. The molecule has 0 spiro atoms. The van der Waals surface area contributed by atoms with E-state index in [0.717, 1.165) is 22.8 Å². The first-order valence-corrected chi connectivity index (χ1v) is 4.98. The van der Waals surface area contributed by atoms with Gasteiger partial charge in [0.05, 0.1) is 20.3 Å². The average Bonchev–Trinajstić information content (AvgIpc) is 2.18. The second kappa shape index (κ2) is 4.91. The minimum absolute atomic E-state index is 0.131. The zero-order chi connectivity index (χ0) is 11.4. The topological polar surface area (TPSA) is 27.7 Å². The molecule has 0 fully saturated rings. The first-order chi connectivity index (χ1) is 7.10. The van der Waals surface area contributed by atoms with Gasteiger partial charge in [-0.2, -0.15) is 0 Å². The highest BCUT2D eigenvalue weighted by Gasteiger charge is 2.12. The van der Waals surface area contributed by atoms with Gasteiger partial charge in [0.15, 0.2) is 11.5 Å². The Balaban J connectivity index is 3.12. The molecule has 0 bridgehead atoms. The monoisotopic (exact) mass is 210 g/mol. The van der Waals surface area contributed by atoms with Gasteiger partial charge in [-0.25, -0.2) is 0 Å². The Labute approximate surface area is 91.0 Å². The van der Waals surface area contributed by atoms with Crippen LogP contribution in [0.3, 0.4) is 0 Å². The predicted octanol–water partition coefficient (Wildman–Crippen LogP) is 2.80. The summed E-state index contributed by atoms with van der Waals surface area (Å²) in [5.41, 5.74) is 0.957. The molecule has 0 aliphatic rings. The van der Waals surface area contributed by atoms with Crippen LogP contribution in [0.15, 0.2) is 12.1 Å². The molecule has 84 valence electrons. The van der Waals surface area contributed by atoms with Crippen LogP contribution in [0.4, 0.5) is 0 Å². The van der Waals surface area contributed by atoms with Crippen molar-refractivity contribution in [1.82, 2.24) is 0 Å². The normalized spacial score (nSPS) is 10.3. The molecular weight excluding hydrogens is 192 g/mol. The van der Waals surface area contributed by atoms with Gasteiger partial charge >= 0.3 is 0 Å². The molecule has 3 nitrogen and oxygen atoms in total. The summed E-state index contributed by atoms with van der Waals surface area (Å²) < 4.78 is 16.2. The Bertz CT molecular complexity index is 332. The van der Waals surface area contributed by atoms with Crippen molar-refractivity contribution in [1.29, 1.82) is 0 Å². The summed E-state index contributed by atoms with van der Waals surface area (Å²) in [6.07, 6.45) is 0.131. The van der Waals surface area contributed by atoms with Crippen molar-refractivity contribution in [2.24, 2.45) is 0 Å². The second-order valence-corrected chi connectivity index (χ2v) is 3.59. The van der Waals surface area contributed by atoms with Crippen LogP contribution in [0.2, 0.25) is 0 Å². The van der Waals surface area contributed by atoms with Gasteiger partial charge in [0, 0.05) is 5.56 Å². The van der Waals surface area contributed by atoms with Crippen LogP contribution in [-0.2, 0) is 0 Å². The summed E-state index contributed by atoms with van der Waals surface area (Å²) in [6, 6.07) is 3.75. The molecule has 1 aromatic rings. The summed E-state index contributed by atoms with van der Waals surface area (Å²) in [6.45, 7) is 5.92. The zero-order valence-electron chi connectivity index (χ0n) is 9.96. The summed E-state index contributed by atoms with van der Waals surface area (Å²) in [4.78, 5) is 0. The summed E-state index contributed by atoms with van der Waals surface area (Å²) in [5.74, 6) is 2.30. The van der Waals surface area contributed by atoms with Crippen molar-refractivity contribution < 1.29 is 14.2 Å². The van der Waals surface area contributed by atoms with Gasteiger partial charge in [-0.15, -0.1) is 0 Å². The maximum absolute atomic E-state index is 5.64. The average molecular weight is 210 g/mol. The van der Waals surface area contributed by atoms with E-state index in [-0.39, 0.29) is 6.10 Å². The van der Waals surface area contributed by atoms with E-state index >= 15 is 0 Å². The lowest BCUT2D eigenvalue weighted by molar-refractivity contribution is 0.229. The lowest BCUT2D eigenvalue weighted by atomic mass is 10.2. The summed E-state index contributed by atoms with van der Waals surface area (Å²) >= 11 is 0. The lowest BCUT2D eigenvalue weighted by Gasteiger charge is -2.16. The lowest BCUT2D eigenvalue weighted by Crippen LogP contribution is -2.07. The molecule has 0 saturated heterocycles. The van der Waals surface area contributed by atoms with Crippen LogP contribution in [-0.4, -0.2) is 20.3 Å². The smallest absolute Gasteiger partial charge is 0.167 e. The molecule has 0 saturated carbocycles. The fraction of sp³-hybridized carbons (Fsp3) is 0.500. The maximum atomic E-state index is 5.64. The highest BCUT2D eigenvalue weighted by atomic mass is 16.5. The number of hydrogen-bond acceptors (Lipinski definition) is 3. The Kier molecular flexibility index (Phi) is 3.83. The van der Waals surface area contributed by atoms with E-state index < -0.39 is 0 Å². The van der Waals surface area contributed by atoms with Gasteiger partial charge in [0.25, 0.3) is 0 Å². The van der Waals surface area contributed by atoms with Crippen molar-refractivity contribution in [2.75, 3.05) is 14.2 Å². The van der Waals surface area contributed by atoms with E-state index in [9.17, 15) is 0 Å². The van der Waals surface area contributed by atoms with Gasteiger partial charge < -0.3 is 14.2 Å². The Morgan fingerprint density at radius 2 is 1.60 bits per heavy atom. The molecule has 1 aromatic carbocycles.